The number of nitrogens with zero attached hydrogens (tertiary/aromatic N) is 1. The largest absolute Gasteiger partial charge is 0.497 e. The third-order valence-electron chi connectivity index (χ3n) is 6.92. The molecule has 2 atom stereocenters. The normalized spacial score (nSPS) is 17.6. The first-order valence-electron chi connectivity index (χ1n) is 11.8. The molecule has 0 amide bonds. The number of benzene rings is 3. The lowest BCUT2D eigenvalue weighted by molar-refractivity contribution is -0.141. The molecule has 3 aromatic rings. The van der Waals surface area contributed by atoms with Crippen LogP contribution in [0.15, 0.2) is 54.6 Å². The van der Waals surface area contributed by atoms with Crippen LogP contribution in [0.4, 0.5) is 0 Å². The smallest absolute Gasteiger partial charge is 0.306 e. The third kappa shape index (κ3) is 4.54. The molecule has 0 radical (unpaired) electrons. The number of nitriles is 1. The lowest BCUT2D eigenvalue weighted by Gasteiger charge is -2.17. The zero-order chi connectivity index (χ0) is 24.4. The maximum atomic E-state index is 11.7. The Kier molecular flexibility index (Phi) is 6.33. The van der Waals surface area contributed by atoms with Crippen molar-refractivity contribution in [2.75, 3.05) is 20.8 Å². The van der Waals surface area contributed by atoms with E-state index >= 15 is 0 Å². The average Bonchev–Trinajstić information content (AvgIpc) is 3.48. The number of carbonyl (C=O) groups excluding carboxylic acids is 1. The van der Waals surface area contributed by atoms with E-state index in [0.29, 0.717) is 25.0 Å². The summed E-state index contributed by atoms with van der Waals surface area (Å²) in [7, 11) is 3.05. The molecule has 1 aliphatic carbocycles. The quantitative estimate of drug-likeness (QED) is 0.439. The van der Waals surface area contributed by atoms with Gasteiger partial charge in [0.2, 0.25) is 0 Å². The van der Waals surface area contributed by atoms with E-state index in [-0.39, 0.29) is 18.0 Å². The van der Waals surface area contributed by atoms with Crippen LogP contribution in [0.5, 0.6) is 17.2 Å². The number of hydrogen-bond donors (Lipinski definition) is 0. The summed E-state index contributed by atoms with van der Waals surface area (Å²) in [6.07, 6.45) is 2.62. The minimum Gasteiger partial charge on any atom is -0.497 e. The van der Waals surface area contributed by atoms with Crippen molar-refractivity contribution in [2.24, 2.45) is 0 Å². The molecule has 35 heavy (non-hydrogen) atoms. The lowest BCUT2D eigenvalue weighted by Crippen LogP contribution is -2.09. The standard InChI is InChI=1S/C29H27NO5/c1-32-21-6-3-18(4-7-21)13-26-19(16-30)5-9-25-24(26)11-12-27(25)35-22-8-10-23-20(14-29(31)33-2)17-34-28(23)15-22/h3-10,15,20,27H,11-14,17H2,1-2H3. The van der Waals surface area contributed by atoms with Crippen LogP contribution < -0.4 is 14.2 Å². The number of ether oxygens (including phenoxy) is 4. The van der Waals surface area contributed by atoms with Crippen LogP contribution in [0.1, 0.15) is 58.2 Å². The highest BCUT2D eigenvalue weighted by Crippen LogP contribution is 2.42. The van der Waals surface area contributed by atoms with Crippen LogP contribution in [-0.2, 0) is 22.4 Å². The molecule has 6 heteroatoms. The molecule has 3 aromatic carbocycles. The fourth-order valence-electron chi connectivity index (χ4n) is 5.06. The number of carbonyl (C=O) groups is 1. The number of methoxy groups -OCH3 is 2. The molecular formula is C29H27NO5. The van der Waals surface area contributed by atoms with Crippen molar-refractivity contribution in [3.8, 4) is 23.3 Å². The van der Waals surface area contributed by atoms with Gasteiger partial charge in [-0.25, -0.2) is 0 Å². The molecule has 0 saturated heterocycles. The van der Waals surface area contributed by atoms with E-state index in [4.69, 9.17) is 18.9 Å². The summed E-state index contributed by atoms with van der Waals surface area (Å²) in [6.45, 7) is 0.464. The van der Waals surface area contributed by atoms with Gasteiger partial charge in [0, 0.05) is 17.5 Å². The monoisotopic (exact) mass is 469 g/mol. The van der Waals surface area contributed by atoms with E-state index in [1.807, 2.05) is 54.6 Å². The van der Waals surface area contributed by atoms with Gasteiger partial charge in [-0.2, -0.15) is 5.26 Å². The maximum absolute atomic E-state index is 11.7. The SMILES string of the molecule is COC(=O)CC1COc2cc(OC3CCc4c3ccc(C#N)c4Cc3ccc(OC)cc3)ccc21. The number of esters is 1. The minimum atomic E-state index is -0.239. The van der Waals surface area contributed by atoms with E-state index < -0.39 is 0 Å². The van der Waals surface area contributed by atoms with Crippen molar-refractivity contribution in [1.82, 2.24) is 0 Å². The van der Waals surface area contributed by atoms with Gasteiger partial charge in [-0.3, -0.25) is 4.79 Å². The molecule has 2 unspecified atom stereocenters. The van der Waals surface area contributed by atoms with Crippen molar-refractivity contribution >= 4 is 5.97 Å². The van der Waals surface area contributed by atoms with Crippen LogP contribution in [0.2, 0.25) is 0 Å². The predicted molar refractivity (Wildman–Crippen MR) is 130 cm³/mol. The molecule has 1 aliphatic heterocycles. The highest BCUT2D eigenvalue weighted by molar-refractivity contribution is 5.71. The molecule has 0 N–H and O–H groups in total. The van der Waals surface area contributed by atoms with Crippen LogP contribution >= 0.6 is 0 Å². The van der Waals surface area contributed by atoms with Crippen LogP contribution in [0.25, 0.3) is 0 Å². The van der Waals surface area contributed by atoms with Crippen LogP contribution in [-0.4, -0.2) is 26.8 Å². The van der Waals surface area contributed by atoms with Crippen molar-refractivity contribution < 1.29 is 23.7 Å². The van der Waals surface area contributed by atoms with E-state index in [2.05, 4.69) is 6.07 Å². The molecule has 6 nitrogen and oxygen atoms in total. The predicted octanol–water partition coefficient (Wildman–Crippen LogP) is 5.26. The molecule has 2 aliphatic rings. The Hall–Kier alpha value is -3.98. The zero-order valence-corrected chi connectivity index (χ0v) is 19.9. The van der Waals surface area contributed by atoms with Crippen molar-refractivity contribution in [3.05, 3.63) is 88.0 Å². The van der Waals surface area contributed by atoms with Gasteiger partial charge in [0.05, 0.1) is 38.9 Å². The topological polar surface area (TPSA) is 77.8 Å². The molecule has 0 saturated carbocycles. The second kappa shape index (κ2) is 9.71. The van der Waals surface area contributed by atoms with Crippen molar-refractivity contribution in [1.29, 1.82) is 5.26 Å². The average molecular weight is 470 g/mol. The first-order chi connectivity index (χ1) is 17.1. The van der Waals surface area contributed by atoms with Crippen LogP contribution in [0, 0.1) is 11.3 Å². The molecular weight excluding hydrogens is 442 g/mol. The summed E-state index contributed by atoms with van der Waals surface area (Å²) in [5, 5.41) is 9.75. The zero-order valence-electron chi connectivity index (χ0n) is 19.9. The lowest BCUT2D eigenvalue weighted by atomic mass is 9.92. The van der Waals surface area contributed by atoms with Gasteiger partial charge in [0.1, 0.15) is 23.4 Å². The third-order valence-corrected chi connectivity index (χ3v) is 6.92. The van der Waals surface area contributed by atoms with E-state index in [0.717, 1.165) is 52.3 Å². The molecule has 178 valence electrons. The van der Waals surface area contributed by atoms with Gasteiger partial charge >= 0.3 is 5.97 Å². The first kappa shape index (κ1) is 22.8. The number of rotatable bonds is 7. The molecule has 0 fully saturated rings. The molecule has 0 aromatic heterocycles. The summed E-state index contributed by atoms with van der Waals surface area (Å²) in [5.41, 5.74) is 6.28. The Bertz CT molecular complexity index is 1290. The van der Waals surface area contributed by atoms with Gasteiger partial charge in [-0.15, -0.1) is 0 Å². The van der Waals surface area contributed by atoms with E-state index in [1.165, 1.54) is 12.7 Å². The maximum Gasteiger partial charge on any atom is 0.306 e. The van der Waals surface area contributed by atoms with Gasteiger partial charge in [-0.1, -0.05) is 24.3 Å². The van der Waals surface area contributed by atoms with Gasteiger partial charge in [0.15, 0.2) is 0 Å². The summed E-state index contributed by atoms with van der Waals surface area (Å²) in [5.74, 6) is 2.08. The highest BCUT2D eigenvalue weighted by Gasteiger charge is 2.30. The molecule has 0 spiro atoms. The Morgan fingerprint density at radius 1 is 1.06 bits per heavy atom. The molecule has 1 heterocycles. The van der Waals surface area contributed by atoms with Crippen molar-refractivity contribution in [3.63, 3.8) is 0 Å². The summed E-state index contributed by atoms with van der Waals surface area (Å²) in [4.78, 5) is 11.7. The van der Waals surface area contributed by atoms with Crippen LogP contribution in [0.3, 0.4) is 0 Å². The summed E-state index contributed by atoms with van der Waals surface area (Å²) < 4.78 is 22.3. The minimum absolute atomic E-state index is 0.00335. The van der Waals surface area contributed by atoms with Gasteiger partial charge in [0.25, 0.3) is 0 Å². The molecule has 0 bridgehead atoms. The Labute approximate surface area is 205 Å². The summed E-state index contributed by atoms with van der Waals surface area (Å²) in [6, 6.07) is 20.1. The Balaban J connectivity index is 1.36. The van der Waals surface area contributed by atoms with Gasteiger partial charge in [-0.05, 0) is 65.8 Å². The second-order valence-electron chi connectivity index (χ2n) is 8.93. The van der Waals surface area contributed by atoms with Gasteiger partial charge < -0.3 is 18.9 Å². The Morgan fingerprint density at radius 3 is 2.57 bits per heavy atom. The second-order valence-corrected chi connectivity index (χ2v) is 8.93. The van der Waals surface area contributed by atoms with Crippen molar-refractivity contribution in [2.45, 2.75) is 37.7 Å². The first-order valence-corrected chi connectivity index (χ1v) is 11.8. The van der Waals surface area contributed by atoms with E-state index in [9.17, 15) is 10.1 Å². The fraction of sp³-hybridized carbons (Fsp3) is 0.310. The number of hydrogen-bond acceptors (Lipinski definition) is 6. The van der Waals surface area contributed by atoms with E-state index in [1.54, 1.807) is 7.11 Å². The Morgan fingerprint density at radius 2 is 1.83 bits per heavy atom. The molecule has 5 rings (SSSR count). The summed E-state index contributed by atoms with van der Waals surface area (Å²) >= 11 is 0. The highest BCUT2D eigenvalue weighted by atomic mass is 16.5. The fourth-order valence-corrected chi connectivity index (χ4v) is 5.06. The number of fused-ring (bicyclic) bond motifs is 2.